The van der Waals surface area contributed by atoms with Gasteiger partial charge in [-0.2, -0.15) is 13.2 Å². The normalized spacial score (nSPS) is 11.1. The number of benzene rings is 2. The van der Waals surface area contributed by atoms with E-state index < -0.39 is 17.6 Å². The number of hydrogen-bond donors (Lipinski definition) is 1. The van der Waals surface area contributed by atoms with Crippen molar-refractivity contribution in [3.05, 3.63) is 47.5 Å². The minimum atomic E-state index is -4.57. The van der Waals surface area contributed by atoms with E-state index in [0.717, 1.165) is 18.2 Å². The Morgan fingerprint density at radius 1 is 1.00 bits per heavy atom. The van der Waals surface area contributed by atoms with Crippen molar-refractivity contribution in [3.63, 3.8) is 0 Å². The smallest absolute Gasteiger partial charge is 0.416 e. The Hall–Kier alpha value is -3.76. The minimum Gasteiger partial charge on any atom is -0.493 e. The maximum absolute atomic E-state index is 12.8. The summed E-state index contributed by atoms with van der Waals surface area (Å²) in [5, 5.41) is 9.81. The SMILES string of the molecule is COc1cc(-c2nnc(NC(=O)c3cccc(C(F)(F)F)c3)o2)cc(OC)c1OC. The number of nitrogens with one attached hydrogen (secondary N) is 1. The fourth-order valence-corrected chi connectivity index (χ4v) is 2.60. The lowest BCUT2D eigenvalue weighted by molar-refractivity contribution is -0.137. The lowest BCUT2D eigenvalue weighted by atomic mass is 10.1. The van der Waals surface area contributed by atoms with Crippen LogP contribution in [0, 0.1) is 0 Å². The van der Waals surface area contributed by atoms with Gasteiger partial charge in [0, 0.05) is 11.1 Å². The first-order valence-corrected chi connectivity index (χ1v) is 8.39. The topological polar surface area (TPSA) is 95.7 Å². The highest BCUT2D eigenvalue weighted by molar-refractivity contribution is 6.03. The van der Waals surface area contributed by atoms with Crippen LogP contribution in [0.2, 0.25) is 0 Å². The standard InChI is InChI=1S/C19H16F3N3O5/c1-27-13-8-11(9-14(28-2)15(13)29-3)17-24-25-18(30-17)23-16(26)10-5-4-6-12(7-10)19(20,21)22/h4-9H,1-3H3,(H,23,25,26). The largest absolute Gasteiger partial charge is 0.493 e. The van der Waals surface area contributed by atoms with E-state index in [1.165, 1.54) is 27.4 Å². The number of ether oxygens (including phenoxy) is 3. The van der Waals surface area contributed by atoms with E-state index >= 15 is 0 Å². The molecule has 30 heavy (non-hydrogen) atoms. The molecule has 0 aliphatic heterocycles. The number of carbonyl (C=O) groups is 1. The highest BCUT2D eigenvalue weighted by Gasteiger charge is 2.31. The maximum atomic E-state index is 12.8. The molecule has 0 radical (unpaired) electrons. The number of aromatic nitrogens is 2. The van der Waals surface area contributed by atoms with E-state index in [4.69, 9.17) is 18.6 Å². The molecule has 0 atom stereocenters. The van der Waals surface area contributed by atoms with E-state index in [2.05, 4.69) is 15.5 Å². The third kappa shape index (κ3) is 4.29. The number of methoxy groups -OCH3 is 3. The Balaban J connectivity index is 1.85. The number of amides is 1. The summed E-state index contributed by atoms with van der Waals surface area (Å²) in [6.07, 6.45) is -4.57. The van der Waals surface area contributed by atoms with Crippen LogP contribution in [0.4, 0.5) is 19.2 Å². The maximum Gasteiger partial charge on any atom is 0.416 e. The zero-order valence-electron chi connectivity index (χ0n) is 16.0. The zero-order valence-corrected chi connectivity index (χ0v) is 16.0. The molecule has 0 unspecified atom stereocenters. The number of alkyl halides is 3. The summed E-state index contributed by atoms with van der Waals surface area (Å²) in [5.41, 5.74) is -0.743. The molecule has 1 amide bonds. The van der Waals surface area contributed by atoms with Gasteiger partial charge in [0.25, 0.3) is 5.91 Å². The van der Waals surface area contributed by atoms with E-state index in [9.17, 15) is 18.0 Å². The van der Waals surface area contributed by atoms with Crippen LogP contribution >= 0.6 is 0 Å². The highest BCUT2D eigenvalue weighted by atomic mass is 19.4. The van der Waals surface area contributed by atoms with Gasteiger partial charge < -0.3 is 18.6 Å². The monoisotopic (exact) mass is 423 g/mol. The van der Waals surface area contributed by atoms with Gasteiger partial charge in [-0.3, -0.25) is 10.1 Å². The van der Waals surface area contributed by atoms with Gasteiger partial charge in [-0.15, -0.1) is 5.10 Å². The van der Waals surface area contributed by atoms with Crippen LogP contribution in [-0.2, 0) is 6.18 Å². The lowest BCUT2D eigenvalue weighted by Gasteiger charge is -2.12. The van der Waals surface area contributed by atoms with Crippen molar-refractivity contribution >= 4 is 11.9 Å². The highest BCUT2D eigenvalue weighted by Crippen LogP contribution is 2.41. The number of halogens is 3. The molecule has 0 bridgehead atoms. The van der Waals surface area contributed by atoms with Gasteiger partial charge >= 0.3 is 12.2 Å². The molecule has 0 saturated heterocycles. The molecule has 1 N–H and O–H groups in total. The molecule has 3 rings (SSSR count). The minimum absolute atomic E-state index is 0.0218. The van der Waals surface area contributed by atoms with Gasteiger partial charge in [0.1, 0.15) is 0 Å². The summed E-state index contributed by atoms with van der Waals surface area (Å²) in [4.78, 5) is 12.3. The molecule has 1 aromatic heterocycles. The first-order valence-electron chi connectivity index (χ1n) is 8.39. The molecule has 0 aliphatic carbocycles. The predicted molar refractivity (Wildman–Crippen MR) is 98.8 cm³/mol. The lowest BCUT2D eigenvalue weighted by Crippen LogP contribution is -2.14. The van der Waals surface area contributed by atoms with Gasteiger partial charge in [0.15, 0.2) is 11.5 Å². The van der Waals surface area contributed by atoms with Crippen molar-refractivity contribution in [2.45, 2.75) is 6.18 Å². The van der Waals surface area contributed by atoms with Crippen molar-refractivity contribution in [2.75, 3.05) is 26.6 Å². The molecule has 2 aromatic carbocycles. The molecule has 0 saturated carbocycles. The second kappa shape index (κ2) is 8.31. The van der Waals surface area contributed by atoms with Crippen LogP contribution in [0.15, 0.2) is 40.8 Å². The molecule has 0 fully saturated rings. The predicted octanol–water partition coefficient (Wildman–Crippen LogP) is 4.03. The summed E-state index contributed by atoms with van der Waals surface area (Å²) >= 11 is 0. The molecule has 158 valence electrons. The fourth-order valence-electron chi connectivity index (χ4n) is 2.60. The average Bonchev–Trinajstić information content (AvgIpc) is 3.20. The van der Waals surface area contributed by atoms with Gasteiger partial charge in [0.05, 0.1) is 26.9 Å². The van der Waals surface area contributed by atoms with E-state index in [0.29, 0.717) is 22.8 Å². The third-order valence-corrected chi connectivity index (χ3v) is 4.01. The van der Waals surface area contributed by atoms with Gasteiger partial charge in [0.2, 0.25) is 11.6 Å². The number of nitrogens with zero attached hydrogens (tertiary/aromatic N) is 2. The van der Waals surface area contributed by atoms with E-state index in [1.807, 2.05) is 0 Å². The fraction of sp³-hybridized carbons (Fsp3) is 0.211. The quantitative estimate of drug-likeness (QED) is 0.639. The molecule has 3 aromatic rings. The Morgan fingerprint density at radius 2 is 1.67 bits per heavy atom. The van der Waals surface area contributed by atoms with Crippen LogP contribution in [0.5, 0.6) is 17.2 Å². The first kappa shape index (κ1) is 21.0. The molecular formula is C19H16F3N3O5. The van der Waals surface area contributed by atoms with Crippen LogP contribution in [0.25, 0.3) is 11.5 Å². The molecule has 8 nitrogen and oxygen atoms in total. The first-order chi connectivity index (χ1) is 14.3. The van der Waals surface area contributed by atoms with Gasteiger partial charge in [-0.1, -0.05) is 11.2 Å². The number of anilines is 1. The van der Waals surface area contributed by atoms with E-state index in [1.54, 1.807) is 12.1 Å². The molecule has 0 spiro atoms. The Morgan fingerprint density at radius 3 is 2.23 bits per heavy atom. The summed E-state index contributed by atoms with van der Waals surface area (Å²) in [7, 11) is 4.33. The summed E-state index contributed by atoms with van der Waals surface area (Å²) in [6.45, 7) is 0. The van der Waals surface area contributed by atoms with E-state index in [-0.39, 0.29) is 17.5 Å². The third-order valence-electron chi connectivity index (χ3n) is 4.01. The second-order valence-corrected chi connectivity index (χ2v) is 5.86. The number of carbonyl (C=O) groups excluding carboxylic acids is 1. The Labute approximate surface area is 168 Å². The molecule has 11 heteroatoms. The van der Waals surface area contributed by atoms with Crippen molar-refractivity contribution in [1.29, 1.82) is 0 Å². The van der Waals surface area contributed by atoms with Crippen molar-refractivity contribution in [3.8, 4) is 28.7 Å². The average molecular weight is 423 g/mol. The molecular weight excluding hydrogens is 407 g/mol. The zero-order chi connectivity index (χ0) is 21.9. The van der Waals surface area contributed by atoms with Crippen LogP contribution in [0.1, 0.15) is 15.9 Å². The molecule has 0 aliphatic rings. The Bertz CT molecular complexity index is 1040. The van der Waals surface area contributed by atoms with Gasteiger partial charge in [-0.05, 0) is 30.3 Å². The van der Waals surface area contributed by atoms with Crippen molar-refractivity contribution < 1.29 is 36.6 Å². The Kier molecular flexibility index (Phi) is 5.81. The summed E-state index contributed by atoms with van der Waals surface area (Å²) < 4.78 is 59.6. The van der Waals surface area contributed by atoms with Crippen molar-refractivity contribution in [1.82, 2.24) is 10.2 Å². The van der Waals surface area contributed by atoms with Crippen LogP contribution in [0.3, 0.4) is 0 Å². The van der Waals surface area contributed by atoms with Gasteiger partial charge in [-0.25, -0.2) is 0 Å². The number of hydrogen-bond acceptors (Lipinski definition) is 7. The summed E-state index contributed by atoms with van der Waals surface area (Å²) in [5.74, 6) is 0.246. The van der Waals surface area contributed by atoms with Crippen molar-refractivity contribution in [2.24, 2.45) is 0 Å². The number of rotatable bonds is 6. The van der Waals surface area contributed by atoms with Crippen LogP contribution < -0.4 is 19.5 Å². The van der Waals surface area contributed by atoms with Crippen LogP contribution in [-0.4, -0.2) is 37.4 Å². The second-order valence-electron chi connectivity index (χ2n) is 5.86. The molecule has 1 heterocycles. The summed E-state index contributed by atoms with van der Waals surface area (Å²) in [6, 6.07) is 6.80.